The summed E-state index contributed by atoms with van der Waals surface area (Å²) in [6.07, 6.45) is 2.99. The monoisotopic (exact) mass is 452 g/mol. The summed E-state index contributed by atoms with van der Waals surface area (Å²) in [5.41, 5.74) is 1.83. The molecule has 2 aromatic rings. The fraction of sp³-hybridized carbons (Fsp3) is 0.286. The average molecular weight is 454 g/mol. The highest BCUT2D eigenvalue weighted by molar-refractivity contribution is 6.77. The quantitative estimate of drug-likeness (QED) is 0.490. The molecule has 3 rings (SSSR count). The number of alkyl halides is 3. The molecule has 8 heteroatoms. The summed E-state index contributed by atoms with van der Waals surface area (Å²) in [6.45, 7) is 1.39. The molecule has 0 fully saturated rings. The number of ketones is 3. The fourth-order valence-electron chi connectivity index (χ4n) is 3.61. The number of aromatic nitrogens is 1. The number of aryl methyl sites for hydroxylation is 1. The van der Waals surface area contributed by atoms with Crippen molar-refractivity contribution in [1.82, 2.24) is 9.47 Å². The topological polar surface area (TPSA) is 59.4 Å². The van der Waals surface area contributed by atoms with Gasteiger partial charge in [0.2, 0.25) is 5.78 Å². The normalized spacial score (nSPS) is 17.2. The number of carbonyl (C=O) groups is 3. The zero-order valence-electron chi connectivity index (χ0n) is 16.1. The Morgan fingerprint density at radius 1 is 1.03 bits per heavy atom. The molecule has 1 aliphatic heterocycles. The second kappa shape index (κ2) is 7.98. The molecular formula is C21H19Cl3N2O3. The number of carbonyl (C=O) groups excluding carboxylic acids is 3. The van der Waals surface area contributed by atoms with Crippen molar-refractivity contribution in [1.29, 1.82) is 0 Å². The average Bonchev–Trinajstić information content (AvgIpc) is 2.98. The van der Waals surface area contributed by atoms with Gasteiger partial charge in [-0.3, -0.25) is 14.4 Å². The largest absolute Gasteiger partial charge is 0.356 e. The van der Waals surface area contributed by atoms with E-state index >= 15 is 0 Å². The second-order valence-corrected chi connectivity index (χ2v) is 9.33. The lowest BCUT2D eigenvalue weighted by molar-refractivity contribution is -0.115. The van der Waals surface area contributed by atoms with Gasteiger partial charge < -0.3 is 9.47 Å². The van der Waals surface area contributed by atoms with Gasteiger partial charge in [0.1, 0.15) is 0 Å². The van der Waals surface area contributed by atoms with Crippen molar-refractivity contribution in [3.63, 3.8) is 0 Å². The highest BCUT2D eigenvalue weighted by atomic mass is 35.6. The molecule has 0 radical (unpaired) electrons. The highest BCUT2D eigenvalue weighted by Gasteiger charge is 2.40. The lowest BCUT2D eigenvalue weighted by atomic mass is 9.81. The summed E-state index contributed by atoms with van der Waals surface area (Å²) < 4.78 is -0.392. The van der Waals surface area contributed by atoms with E-state index in [0.717, 1.165) is 10.9 Å². The first-order chi connectivity index (χ1) is 13.5. The van der Waals surface area contributed by atoms with Gasteiger partial charge in [-0.25, -0.2) is 0 Å². The van der Waals surface area contributed by atoms with E-state index < -0.39 is 15.5 Å². The van der Waals surface area contributed by atoms with Crippen LogP contribution in [0.2, 0.25) is 0 Å². The maximum atomic E-state index is 13.2. The predicted molar refractivity (Wildman–Crippen MR) is 115 cm³/mol. The zero-order valence-corrected chi connectivity index (χ0v) is 18.3. The summed E-state index contributed by atoms with van der Waals surface area (Å²) >= 11 is 17.5. The van der Waals surface area contributed by atoms with E-state index in [9.17, 15) is 14.4 Å². The first kappa shape index (κ1) is 21.6. The van der Waals surface area contributed by atoms with Crippen LogP contribution in [0, 0.1) is 5.92 Å². The van der Waals surface area contributed by atoms with E-state index in [1.54, 1.807) is 35.8 Å². The first-order valence-electron chi connectivity index (χ1n) is 8.86. The number of halogens is 3. The second-order valence-electron chi connectivity index (χ2n) is 7.04. The number of allylic oxidation sites excluding steroid dienone is 2. The van der Waals surface area contributed by atoms with Crippen LogP contribution in [0.5, 0.6) is 0 Å². The number of Topliss-reactive ketones (excluding diaryl/α,β-unsaturated/α-hetero) is 3. The van der Waals surface area contributed by atoms with E-state index in [4.69, 9.17) is 34.8 Å². The van der Waals surface area contributed by atoms with Gasteiger partial charge in [-0.1, -0.05) is 53.0 Å². The molecular weight excluding hydrogens is 435 g/mol. The Kier molecular flexibility index (Phi) is 5.95. The van der Waals surface area contributed by atoms with Gasteiger partial charge in [0.25, 0.3) is 3.79 Å². The van der Waals surface area contributed by atoms with E-state index in [1.165, 1.54) is 13.1 Å². The molecule has 1 aromatic carbocycles. The van der Waals surface area contributed by atoms with Gasteiger partial charge in [0.15, 0.2) is 11.6 Å². The van der Waals surface area contributed by atoms with E-state index in [0.29, 0.717) is 11.3 Å². The number of benzene rings is 1. The number of hydrogen-bond donors (Lipinski definition) is 0. The molecule has 1 atom stereocenters. The fourth-order valence-corrected chi connectivity index (χ4v) is 3.93. The van der Waals surface area contributed by atoms with Crippen molar-refractivity contribution >= 4 is 63.1 Å². The van der Waals surface area contributed by atoms with E-state index in [2.05, 4.69) is 0 Å². The minimum Gasteiger partial charge on any atom is -0.356 e. The summed E-state index contributed by atoms with van der Waals surface area (Å²) in [5.74, 6) is -2.02. The Morgan fingerprint density at radius 2 is 1.66 bits per heavy atom. The SMILES string of the molecule is CC(=O)C1=CN(C)C=C(C(=O)C(Cl)(Cl)Cl)C1CC(=O)c1cc2ccccc2n1C. The molecule has 0 saturated heterocycles. The van der Waals surface area contributed by atoms with Crippen LogP contribution in [0.3, 0.4) is 0 Å². The van der Waals surface area contributed by atoms with Gasteiger partial charge >= 0.3 is 0 Å². The van der Waals surface area contributed by atoms with Crippen LogP contribution in [0.1, 0.15) is 23.8 Å². The van der Waals surface area contributed by atoms with Gasteiger partial charge in [0, 0.05) is 60.9 Å². The van der Waals surface area contributed by atoms with Crippen molar-refractivity contribution in [2.24, 2.45) is 13.0 Å². The van der Waals surface area contributed by atoms with Crippen LogP contribution >= 0.6 is 34.8 Å². The number of fused-ring (bicyclic) bond motifs is 1. The third-order valence-corrected chi connectivity index (χ3v) is 5.50. The molecule has 0 saturated carbocycles. The number of nitrogens with zero attached hydrogens (tertiary/aromatic N) is 2. The third-order valence-electron chi connectivity index (χ3n) is 4.99. The molecule has 1 unspecified atom stereocenters. The molecule has 5 nitrogen and oxygen atoms in total. The molecule has 0 aliphatic carbocycles. The Hall–Kier alpha value is -2.08. The summed E-state index contributed by atoms with van der Waals surface area (Å²) in [5, 5.41) is 0.928. The van der Waals surface area contributed by atoms with Crippen LogP contribution < -0.4 is 0 Å². The molecule has 0 bridgehead atoms. The Balaban J connectivity index is 2.01. The molecule has 0 amide bonds. The van der Waals surface area contributed by atoms with Crippen LogP contribution in [0.4, 0.5) is 0 Å². The molecule has 0 N–H and O–H groups in total. The Bertz CT molecular complexity index is 1080. The summed E-state index contributed by atoms with van der Waals surface area (Å²) in [6, 6.07) is 9.42. The number of para-hydroxylation sites is 1. The summed E-state index contributed by atoms with van der Waals surface area (Å²) in [4.78, 5) is 39.7. The highest BCUT2D eigenvalue weighted by Crippen LogP contribution is 2.38. The van der Waals surface area contributed by atoms with Crippen molar-refractivity contribution in [2.45, 2.75) is 17.1 Å². The van der Waals surface area contributed by atoms with Crippen molar-refractivity contribution in [2.75, 3.05) is 7.05 Å². The van der Waals surface area contributed by atoms with Crippen LogP contribution in [-0.4, -0.2) is 37.7 Å². The smallest absolute Gasteiger partial charge is 0.253 e. The van der Waals surface area contributed by atoms with Crippen molar-refractivity contribution < 1.29 is 14.4 Å². The molecule has 2 heterocycles. The molecule has 0 spiro atoms. The van der Waals surface area contributed by atoms with Crippen molar-refractivity contribution in [3.8, 4) is 0 Å². The molecule has 29 heavy (non-hydrogen) atoms. The van der Waals surface area contributed by atoms with Gasteiger partial charge in [-0.05, 0) is 19.1 Å². The minimum absolute atomic E-state index is 0.0955. The standard InChI is InChI=1S/C21H19Cl3N2O3/c1-12(27)15-10-25(2)11-16(20(29)21(22,23)24)14(15)9-19(28)18-8-13-6-4-5-7-17(13)26(18)3/h4-8,10-11,14H,9H2,1-3H3. The minimum atomic E-state index is -2.19. The summed E-state index contributed by atoms with van der Waals surface area (Å²) in [7, 11) is 3.46. The number of rotatable bonds is 5. The van der Waals surface area contributed by atoms with Gasteiger partial charge in [-0.15, -0.1) is 0 Å². The molecule has 1 aliphatic rings. The van der Waals surface area contributed by atoms with Gasteiger partial charge in [-0.2, -0.15) is 0 Å². The van der Waals surface area contributed by atoms with Crippen molar-refractivity contribution in [3.05, 3.63) is 59.6 Å². The predicted octanol–water partition coefficient (Wildman–Crippen LogP) is 4.61. The van der Waals surface area contributed by atoms with Gasteiger partial charge in [0.05, 0.1) is 5.69 Å². The third kappa shape index (κ3) is 4.27. The molecule has 1 aromatic heterocycles. The Labute approximate surface area is 183 Å². The lowest BCUT2D eigenvalue weighted by Gasteiger charge is -2.29. The Morgan fingerprint density at radius 3 is 2.24 bits per heavy atom. The molecule has 152 valence electrons. The van der Waals surface area contributed by atoms with Crippen LogP contribution in [-0.2, 0) is 16.6 Å². The maximum absolute atomic E-state index is 13.2. The van der Waals surface area contributed by atoms with E-state index in [1.807, 2.05) is 24.3 Å². The first-order valence-corrected chi connectivity index (χ1v) is 9.99. The van der Waals surface area contributed by atoms with Crippen LogP contribution in [0.25, 0.3) is 10.9 Å². The van der Waals surface area contributed by atoms with Crippen LogP contribution in [0.15, 0.2) is 53.9 Å². The maximum Gasteiger partial charge on any atom is 0.253 e. The van der Waals surface area contributed by atoms with E-state index in [-0.39, 0.29) is 23.6 Å². The zero-order chi connectivity index (χ0) is 21.5. The number of hydrogen-bond acceptors (Lipinski definition) is 4. The lowest BCUT2D eigenvalue weighted by Crippen LogP contribution is -2.33.